The average Bonchev–Trinajstić information content (AvgIpc) is 2.37. The van der Waals surface area contributed by atoms with Crippen LogP contribution in [0.1, 0.15) is 17.3 Å². The molecule has 1 N–H and O–H groups in total. The number of hydrogen-bond acceptors (Lipinski definition) is 5. The van der Waals surface area contributed by atoms with Crippen molar-refractivity contribution in [1.29, 1.82) is 0 Å². The molecular weight excluding hydrogens is 250 g/mol. The lowest BCUT2D eigenvalue weighted by molar-refractivity contribution is -0.384. The zero-order chi connectivity index (χ0) is 14.0. The van der Waals surface area contributed by atoms with Crippen molar-refractivity contribution < 1.29 is 19.6 Å². The molecule has 0 fully saturated rings. The smallest absolute Gasteiger partial charge is 0.338 e. The lowest BCUT2D eigenvalue weighted by Crippen LogP contribution is -2.04. The molecule has 0 heterocycles. The topological polar surface area (TPSA) is 89.7 Å². The van der Waals surface area contributed by atoms with Crippen LogP contribution >= 0.6 is 0 Å². The molecule has 6 heteroatoms. The van der Waals surface area contributed by atoms with Gasteiger partial charge >= 0.3 is 11.7 Å². The molecule has 98 valence electrons. The van der Waals surface area contributed by atoms with Crippen molar-refractivity contribution in [1.82, 2.24) is 0 Å². The summed E-state index contributed by atoms with van der Waals surface area (Å²) < 4.78 is 4.86. The molecule has 2 aromatic rings. The quantitative estimate of drug-likeness (QED) is 0.521. The van der Waals surface area contributed by atoms with E-state index in [0.717, 1.165) is 0 Å². The van der Waals surface area contributed by atoms with Gasteiger partial charge in [-0.3, -0.25) is 10.1 Å². The minimum absolute atomic E-state index is 0.257. The van der Waals surface area contributed by atoms with Crippen molar-refractivity contribution in [2.45, 2.75) is 6.92 Å². The van der Waals surface area contributed by atoms with Gasteiger partial charge in [-0.25, -0.2) is 4.79 Å². The number of nitro groups is 1. The van der Waals surface area contributed by atoms with Crippen molar-refractivity contribution in [3.63, 3.8) is 0 Å². The normalized spacial score (nSPS) is 10.4. The summed E-state index contributed by atoms with van der Waals surface area (Å²) in [5.74, 6) is -0.887. The second-order valence-electron chi connectivity index (χ2n) is 3.85. The van der Waals surface area contributed by atoms with Gasteiger partial charge in [-0.15, -0.1) is 0 Å². The van der Waals surface area contributed by atoms with Crippen LogP contribution in [-0.2, 0) is 4.74 Å². The van der Waals surface area contributed by atoms with Crippen molar-refractivity contribution >= 4 is 22.4 Å². The zero-order valence-electron chi connectivity index (χ0n) is 10.1. The Morgan fingerprint density at radius 3 is 2.74 bits per heavy atom. The zero-order valence-corrected chi connectivity index (χ0v) is 10.1. The van der Waals surface area contributed by atoms with Crippen LogP contribution in [0.5, 0.6) is 5.75 Å². The number of esters is 1. The molecule has 0 aliphatic carbocycles. The first kappa shape index (κ1) is 12.8. The molecule has 19 heavy (non-hydrogen) atoms. The highest BCUT2D eigenvalue weighted by atomic mass is 16.6. The second kappa shape index (κ2) is 4.93. The van der Waals surface area contributed by atoms with Gasteiger partial charge in [0.1, 0.15) is 0 Å². The van der Waals surface area contributed by atoms with E-state index >= 15 is 0 Å². The first-order valence-corrected chi connectivity index (χ1v) is 5.62. The van der Waals surface area contributed by atoms with Gasteiger partial charge in [0.05, 0.1) is 22.5 Å². The number of phenols is 1. The van der Waals surface area contributed by atoms with Crippen LogP contribution in [0.4, 0.5) is 5.69 Å². The van der Waals surface area contributed by atoms with E-state index < -0.39 is 16.6 Å². The number of carbonyl (C=O) groups is 1. The predicted molar refractivity (Wildman–Crippen MR) is 68.2 cm³/mol. The van der Waals surface area contributed by atoms with Crippen LogP contribution in [0.15, 0.2) is 30.3 Å². The molecule has 0 aliphatic rings. The molecule has 6 nitrogen and oxygen atoms in total. The third kappa shape index (κ3) is 2.33. The van der Waals surface area contributed by atoms with Crippen LogP contribution in [0.2, 0.25) is 0 Å². The number of rotatable bonds is 3. The maximum Gasteiger partial charge on any atom is 0.338 e. The maximum atomic E-state index is 11.6. The van der Waals surface area contributed by atoms with Crippen LogP contribution in [0.25, 0.3) is 10.8 Å². The molecule has 0 spiro atoms. The number of aromatic hydroxyl groups is 1. The Morgan fingerprint density at radius 1 is 1.37 bits per heavy atom. The highest BCUT2D eigenvalue weighted by Gasteiger charge is 2.19. The average molecular weight is 261 g/mol. The second-order valence-corrected chi connectivity index (χ2v) is 3.85. The molecule has 0 aliphatic heterocycles. The van der Waals surface area contributed by atoms with Gasteiger partial charge in [0, 0.05) is 0 Å². The molecule has 0 radical (unpaired) electrons. The molecular formula is C13H11NO5. The molecule has 0 saturated heterocycles. The Balaban J connectivity index is 2.60. The molecule has 0 amide bonds. The highest BCUT2D eigenvalue weighted by Crippen LogP contribution is 2.34. The van der Waals surface area contributed by atoms with E-state index in [1.165, 1.54) is 30.3 Å². The van der Waals surface area contributed by atoms with E-state index in [1.54, 1.807) is 6.92 Å². The number of ether oxygens (including phenoxy) is 1. The molecule has 0 bridgehead atoms. The molecule has 0 aromatic heterocycles. The summed E-state index contributed by atoms with van der Waals surface area (Å²) in [6.45, 7) is 1.95. The van der Waals surface area contributed by atoms with Gasteiger partial charge in [0.2, 0.25) is 0 Å². The van der Waals surface area contributed by atoms with Crippen LogP contribution in [0.3, 0.4) is 0 Å². The predicted octanol–water partition coefficient (Wildman–Crippen LogP) is 2.63. The van der Waals surface area contributed by atoms with Gasteiger partial charge in [0.25, 0.3) is 0 Å². The Labute approximate surface area is 108 Å². The lowest BCUT2D eigenvalue weighted by atomic mass is 10.0. The summed E-state index contributed by atoms with van der Waals surface area (Å²) in [6.07, 6.45) is 0. The molecule has 0 atom stereocenters. The van der Waals surface area contributed by atoms with Gasteiger partial charge in [0.15, 0.2) is 5.75 Å². The minimum atomic E-state index is -0.651. The first-order chi connectivity index (χ1) is 9.04. The van der Waals surface area contributed by atoms with E-state index in [1.807, 2.05) is 0 Å². The largest absolute Gasteiger partial charge is 0.502 e. The maximum absolute atomic E-state index is 11.6. The SMILES string of the molecule is CCOC(=O)c1ccc2c([N+](=O)[O-])c(O)ccc2c1. The van der Waals surface area contributed by atoms with E-state index in [-0.39, 0.29) is 17.7 Å². The summed E-state index contributed by atoms with van der Waals surface area (Å²) >= 11 is 0. The number of nitro benzene ring substituents is 1. The Kier molecular flexibility index (Phi) is 3.33. The van der Waals surface area contributed by atoms with Gasteiger partial charge in [-0.1, -0.05) is 6.07 Å². The third-order valence-electron chi connectivity index (χ3n) is 2.66. The summed E-state index contributed by atoms with van der Waals surface area (Å²) in [5, 5.41) is 21.2. The number of hydrogen-bond donors (Lipinski definition) is 1. The standard InChI is InChI=1S/C13H11NO5/c1-2-19-13(16)9-3-5-10-8(7-9)4-6-11(15)12(10)14(17)18/h3-7,15H,2H2,1H3. The van der Waals surface area contributed by atoms with E-state index in [4.69, 9.17) is 4.74 Å². The Morgan fingerprint density at radius 2 is 2.11 bits per heavy atom. The lowest BCUT2D eigenvalue weighted by Gasteiger charge is -2.05. The van der Waals surface area contributed by atoms with Crippen molar-refractivity contribution in [3.8, 4) is 5.75 Å². The van der Waals surface area contributed by atoms with Gasteiger partial charge < -0.3 is 9.84 Å². The number of fused-ring (bicyclic) bond motifs is 1. The van der Waals surface area contributed by atoms with Crippen molar-refractivity contribution in [2.24, 2.45) is 0 Å². The molecule has 0 unspecified atom stereocenters. The summed E-state index contributed by atoms with van der Waals surface area (Å²) in [7, 11) is 0. The fourth-order valence-electron chi connectivity index (χ4n) is 1.84. The minimum Gasteiger partial charge on any atom is -0.502 e. The van der Waals surface area contributed by atoms with Crippen molar-refractivity contribution in [3.05, 3.63) is 46.0 Å². The Hall–Kier alpha value is -2.63. The monoisotopic (exact) mass is 261 g/mol. The van der Waals surface area contributed by atoms with E-state index in [2.05, 4.69) is 0 Å². The van der Waals surface area contributed by atoms with Crippen LogP contribution < -0.4 is 0 Å². The summed E-state index contributed by atoms with van der Waals surface area (Å²) in [6, 6.07) is 7.11. The van der Waals surface area contributed by atoms with E-state index in [0.29, 0.717) is 10.9 Å². The van der Waals surface area contributed by atoms with E-state index in [9.17, 15) is 20.0 Å². The molecule has 0 saturated carbocycles. The molecule has 2 rings (SSSR count). The van der Waals surface area contributed by atoms with Gasteiger partial charge in [-0.05, 0) is 36.6 Å². The summed E-state index contributed by atoms with van der Waals surface area (Å²) in [5.41, 5.74) is -0.0535. The highest BCUT2D eigenvalue weighted by molar-refractivity contribution is 5.99. The number of benzene rings is 2. The third-order valence-corrected chi connectivity index (χ3v) is 2.66. The number of carbonyl (C=O) groups excluding carboxylic acids is 1. The van der Waals surface area contributed by atoms with Crippen LogP contribution in [-0.4, -0.2) is 22.6 Å². The summed E-state index contributed by atoms with van der Waals surface area (Å²) in [4.78, 5) is 21.8. The molecule has 2 aromatic carbocycles. The van der Waals surface area contributed by atoms with Gasteiger partial charge in [-0.2, -0.15) is 0 Å². The Bertz CT molecular complexity index is 665. The first-order valence-electron chi connectivity index (χ1n) is 5.62. The fourth-order valence-corrected chi connectivity index (χ4v) is 1.84. The number of nitrogens with zero attached hydrogens (tertiary/aromatic N) is 1. The van der Waals surface area contributed by atoms with Crippen LogP contribution in [0, 0.1) is 10.1 Å². The number of phenolic OH excluding ortho intramolecular Hbond substituents is 1. The fraction of sp³-hybridized carbons (Fsp3) is 0.154. The van der Waals surface area contributed by atoms with Crippen molar-refractivity contribution in [2.75, 3.05) is 6.61 Å².